The van der Waals surface area contributed by atoms with E-state index in [4.69, 9.17) is 4.74 Å². The van der Waals surface area contributed by atoms with Crippen molar-refractivity contribution >= 4 is 26.6 Å². The van der Waals surface area contributed by atoms with E-state index in [1.807, 2.05) is 0 Å². The molecule has 0 aliphatic rings. The first kappa shape index (κ1) is 21.8. The molecule has 1 N–H and O–H groups in total. The SMILES string of the molecule is COc1cc2nc(C)nc(N[C@H](C)c3cccc(C(F)F)c3F)c2cc1S(C)(=O)=O. The van der Waals surface area contributed by atoms with Gasteiger partial charge in [0, 0.05) is 23.3 Å². The van der Waals surface area contributed by atoms with Crippen molar-refractivity contribution in [3.05, 3.63) is 53.1 Å². The zero-order chi connectivity index (χ0) is 22.2. The van der Waals surface area contributed by atoms with Gasteiger partial charge in [0.1, 0.15) is 28.1 Å². The minimum Gasteiger partial charge on any atom is -0.495 e. The number of anilines is 1. The number of nitrogens with one attached hydrogen (secondary N) is 1. The second-order valence-electron chi connectivity index (χ2n) is 6.83. The fourth-order valence-electron chi connectivity index (χ4n) is 3.17. The van der Waals surface area contributed by atoms with Crippen molar-refractivity contribution in [1.82, 2.24) is 9.97 Å². The normalized spacial score (nSPS) is 12.9. The molecule has 0 radical (unpaired) electrons. The number of nitrogens with zero attached hydrogens (tertiary/aromatic N) is 2. The van der Waals surface area contributed by atoms with E-state index in [-0.39, 0.29) is 22.0 Å². The van der Waals surface area contributed by atoms with Crippen LogP contribution in [0.4, 0.5) is 19.0 Å². The summed E-state index contributed by atoms with van der Waals surface area (Å²) in [5, 5.41) is 3.37. The smallest absolute Gasteiger partial charge is 0.266 e. The molecule has 3 aromatic rings. The topological polar surface area (TPSA) is 81.2 Å². The molecule has 1 heterocycles. The maximum atomic E-state index is 14.5. The van der Waals surface area contributed by atoms with Crippen molar-refractivity contribution in [2.24, 2.45) is 0 Å². The van der Waals surface area contributed by atoms with Gasteiger partial charge in [-0.2, -0.15) is 0 Å². The average Bonchev–Trinajstić information content (AvgIpc) is 2.65. The van der Waals surface area contributed by atoms with E-state index in [0.717, 1.165) is 12.3 Å². The lowest BCUT2D eigenvalue weighted by Gasteiger charge is -2.19. The van der Waals surface area contributed by atoms with E-state index < -0.39 is 33.7 Å². The number of fused-ring (bicyclic) bond motifs is 1. The van der Waals surface area contributed by atoms with Crippen molar-refractivity contribution in [2.45, 2.75) is 31.2 Å². The Labute approximate surface area is 172 Å². The van der Waals surface area contributed by atoms with E-state index >= 15 is 0 Å². The van der Waals surface area contributed by atoms with E-state index in [1.165, 1.54) is 31.4 Å². The highest BCUT2D eigenvalue weighted by Gasteiger charge is 2.22. The number of sulfone groups is 1. The Kier molecular flexibility index (Phi) is 5.89. The van der Waals surface area contributed by atoms with Crippen LogP contribution in [0.5, 0.6) is 5.75 Å². The number of alkyl halides is 2. The summed E-state index contributed by atoms with van der Waals surface area (Å²) in [6.45, 7) is 3.24. The molecule has 0 amide bonds. The van der Waals surface area contributed by atoms with Crippen molar-refractivity contribution in [2.75, 3.05) is 18.7 Å². The molecular weight excluding hydrogens is 419 g/mol. The molecule has 6 nitrogen and oxygen atoms in total. The summed E-state index contributed by atoms with van der Waals surface area (Å²) in [5.74, 6) is -0.230. The molecule has 10 heteroatoms. The summed E-state index contributed by atoms with van der Waals surface area (Å²) in [5.41, 5.74) is -0.230. The van der Waals surface area contributed by atoms with Crippen LogP contribution < -0.4 is 10.1 Å². The zero-order valence-corrected chi connectivity index (χ0v) is 17.5. The van der Waals surface area contributed by atoms with Crippen LogP contribution in [0.1, 0.15) is 36.3 Å². The number of halogens is 3. The molecule has 160 valence electrons. The Morgan fingerprint density at radius 2 is 1.80 bits per heavy atom. The molecule has 1 aromatic heterocycles. The molecule has 0 spiro atoms. The van der Waals surface area contributed by atoms with Crippen LogP contribution in [-0.2, 0) is 9.84 Å². The summed E-state index contributed by atoms with van der Waals surface area (Å²) in [7, 11) is -2.27. The molecule has 0 saturated heterocycles. The fourth-order valence-corrected chi connectivity index (χ4v) is 4.01. The van der Waals surface area contributed by atoms with Crippen molar-refractivity contribution < 1.29 is 26.3 Å². The average molecular weight is 439 g/mol. The number of rotatable bonds is 6. The Bertz CT molecular complexity index is 1220. The number of aryl methyl sites for hydroxylation is 1. The monoisotopic (exact) mass is 439 g/mol. The molecule has 0 unspecified atom stereocenters. The number of benzene rings is 2. The van der Waals surface area contributed by atoms with Crippen molar-refractivity contribution in [3.63, 3.8) is 0 Å². The largest absolute Gasteiger partial charge is 0.495 e. The van der Waals surface area contributed by atoms with Crippen molar-refractivity contribution in [3.8, 4) is 5.75 Å². The second-order valence-corrected chi connectivity index (χ2v) is 8.81. The van der Waals surface area contributed by atoms with Gasteiger partial charge in [0.05, 0.1) is 24.2 Å². The van der Waals surface area contributed by atoms with Crippen LogP contribution >= 0.6 is 0 Å². The van der Waals surface area contributed by atoms with Crippen LogP contribution in [0.15, 0.2) is 35.2 Å². The van der Waals surface area contributed by atoms with E-state index in [0.29, 0.717) is 16.7 Å². The third kappa shape index (κ3) is 4.18. The summed E-state index contributed by atoms with van der Waals surface area (Å²) in [4.78, 5) is 8.56. The van der Waals surface area contributed by atoms with Gasteiger partial charge in [-0.3, -0.25) is 0 Å². The third-order valence-corrected chi connectivity index (χ3v) is 5.72. The predicted octanol–water partition coefficient (Wildman–Crippen LogP) is 4.60. The zero-order valence-electron chi connectivity index (χ0n) is 16.7. The lowest BCUT2D eigenvalue weighted by molar-refractivity contribution is 0.146. The maximum Gasteiger partial charge on any atom is 0.266 e. The molecular formula is C20H20F3N3O3S. The summed E-state index contributed by atoms with van der Waals surface area (Å²) in [6.07, 6.45) is -1.89. The second kappa shape index (κ2) is 8.10. The third-order valence-electron chi connectivity index (χ3n) is 4.61. The van der Waals surface area contributed by atoms with Gasteiger partial charge in [-0.1, -0.05) is 18.2 Å². The summed E-state index contributed by atoms with van der Waals surface area (Å²) < 4.78 is 70.1. The van der Waals surface area contributed by atoms with Gasteiger partial charge >= 0.3 is 0 Å². The number of hydrogen-bond donors (Lipinski definition) is 1. The van der Waals surface area contributed by atoms with Gasteiger partial charge in [-0.05, 0) is 19.9 Å². The fraction of sp³-hybridized carbons (Fsp3) is 0.300. The molecule has 30 heavy (non-hydrogen) atoms. The van der Waals surface area contributed by atoms with Crippen LogP contribution in [0.25, 0.3) is 10.9 Å². The van der Waals surface area contributed by atoms with Crippen LogP contribution in [-0.4, -0.2) is 31.8 Å². The first-order valence-electron chi connectivity index (χ1n) is 8.92. The summed E-state index contributed by atoms with van der Waals surface area (Å²) >= 11 is 0. The molecule has 2 aromatic carbocycles. The predicted molar refractivity (Wildman–Crippen MR) is 107 cm³/mol. The number of ether oxygens (including phenoxy) is 1. The van der Waals surface area contributed by atoms with E-state index in [2.05, 4.69) is 15.3 Å². The van der Waals surface area contributed by atoms with Crippen LogP contribution in [0.2, 0.25) is 0 Å². The van der Waals surface area contributed by atoms with Crippen LogP contribution in [0, 0.1) is 12.7 Å². The maximum absolute atomic E-state index is 14.5. The molecule has 0 aliphatic carbocycles. The van der Waals surface area contributed by atoms with Gasteiger partial charge in [-0.25, -0.2) is 31.6 Å². The Morgan fingerprint density at radius 1 is 1.13 bits per heavy atom. The van der Waals surface area contributed by atoms with Gasteiger partial charge < -0.3 is 10.1 Å². The highest BCUT2D eigenvalue weighted by molar-refractivity contribution is 7.90. The Morgan fingerprint density at radius 3 is 2.40 bits per heavy atom. The first-order chi connectivity index (χ1) is 14.0. The highest BCUT2D eigenvalue weighted by atomic mass is 32.2. The van der Waals surface area contributed by atoms with Gasteiger partial charge in [-0.15, -0.1) is 0 Å². The molecule has 0 bridgehead atoms. The molecule has 0 fully saturated rings. The number of methoxy groups -OCH3 is 1. The standard InChI is InChI=1S/C20H20F3N3O3S/c1-10(12-6-5-7-13(18(12)21)19(22)23)24-20-14-8-17(30(4,27)28)16(29-3)9-15(14)25-11(2)26-20/h5-10,19H,1-4H3,(H,24,25,26)/t10-/m1/s1. The minimum absolute atomic E-state index is 0.0362. The number of aromatic nitrogens is 2. The molecule has 1 atom stereocenters. The molecule has 0 saturated carbocycles. The first-order valence-corrected chi connectivity index (χ1v) is 10.8. The van der Waals surface area contributed by atoms with E-state index in [9.17, 15) is 21.6 Å². The molecule has 0 aliphatic heterocycles. The van der Waals surface area contributed by atoms with Gasteiger partial charge in [0.15, 0.2) is 9.84 Å². The van der Waals surface area contributed by atoms with E-state index in [1.54, 1.807) is 13.8 Å². The minimum atomic E-state index is -3.62. The lowest BCUT2D eigenvalue weighted by Crippen LogP contribution is -2.12. The highest BCUT2D eigenvalue weighted by Crippen LogP contribution is 2.34. The quantitative estimate of drug-likeness (QED) is 0.605. The Hall–Kier alpha value is -2.88. The van der Waals surface area contributed by atoms with Gasteiger partial charge in [0.2, 0.25) is 0 Å². The van der Waals surface area contributed by atoms with Gasteiger partial charge in [0.25, 0.3) is 6.43 Å². The summed E-state index contributed by atoms with van der Waals surface area (Å²) in [6, 6.07) is 5.92. The van der Waals surface area contributed by atoms with Crippen molar-refractivity contribution in [1.29, 1.82) is 0 Å². The number of hydrogen-bond acceptors (Lipinski definition) is 6. The lowest BCUT2D eigenvalue weighted by atomic mass is 10.0. The Balaban J connectivity index is 2.13. The molecule has 3 rings (SSSR count). The van der Waals surface area contributed by atoms with Crippen LogP contribution in [0.3, 0.4) is 0 Å².